The van der Waals surface area contributed by atoms with Gasteiger partial charge in [-0.1, -0.05) is 6.07 Å². The Morgan fingerprint density at radius 2 is 1.90 bits per heavy atom. The maximum Gasteiger partial charge on any atom is 0.420 e. The van der Waals surface area contributed by atoms with Crippen molar-refractivity contribution < 1.29 is 31.9 Å². The van der Waals surface area contributed by atoms with Crippen LogP contribution in [0.5, 0.6) is 0 Å². The van der Waals surface area contributed by atoms with Gasteiger partial charge < -0.3 is 14.5 Å². The number of hydrogen-bond acceptors (Lipinski definition) is 6. The Kier molecular flexibility index (Phi) is 6.89. The van der Waals surface area contributed by atoms with Gasteiger partial charge in [0.25, 0.3) is 5.91 Å². The molecule has 39 heavy (non-hydrogen) atoms. The molecule has 0 bridgehead atoms. The number of nitrogens with zero attached hydrogens (tertiary/aromatic N) is 6. The maximum atomic E-state index is 13.9. The van der Waals surface area contributed by atoms with Gasteiger partial charge in [-0.3, -0.25) is 9.78 Å². The fourth-order valence-electron chi connectivity index (χ4n) is 4.34. The summed E-state index contributed by atoms with van der Waals surface area (Å²) >= 11 is 0. The molecular weight excluding hydrogens is 520 g/mol. The van der Waals surface area contributed by atoms with E-state index in [1.807, 2.05) is 0 Å². The summed E-state index contributed by atoms with van der Waals surface area (Å²) in [6.45, 7) is 2.24. The molecule has 202 valence electrons. The summed E-state index contributed by atoms with van der Waals surface area (Å²) in [5.41, 5.74) is -0.880. The number of ether oxygens (including phenoxy) is 1. The number of alkyl halides is 3. The van der Waals surface area contributed by atoms with Gasteiger partial charge in [-0.15, -0.1) is 0 Å². The molecule has 0 N–H and O–H groups in total. The van der Waals surface area contributed by atoms with Gasteiger partial charge in [0.1, 0.15) is 23.7 Å². The van der Waals surface area contributed by atoms with E-state index in [1.165, 1.54) is 21.9 Å². The Morgan fingerprint density at radius 1 is 1.13 bits per heavy atom. The van der Waals surface area contributed by atoms with Crippen molar-refractivity contribution in [2.75, 3.05) is 19.6 Å². The highest BCUT2D eigenvalue weighted by Gasteiger charge is 2.37. The summed E-state index contributed by atoms with van der Waals surface area (Å²) < 4.78 is 61.2. The van der Waals surface area contributed by atoms with E-state index < -0.39 is 41.2 Å². The second-order valence-corrected chi connectivity index (χ2v) is 9.05. The van der Waals surface area contributed by atoms with Crippen LogP contribution in [0.2, 0.25) is 0 Å². The number of piperazine rings is 1. The van der Waals surface area contributed by atoms with Crippen LogP contribution in [0, 0.1) is 5.82 Å². The van der Waals surface area contributed by atoms with Crippen molar-refractivity contribution in [1.82, 2.24) is 29.4 Å². The van der Waals surface area contributed by atoms with Gasteiger partial charge in [0.2, 0.25) is 0 Å². The van der Waals surface area contributed by atoms with Crippen LogP contribution in [-0.2, 0) is 17.5 Å². The first-order valence-corrected chi connectivity index (χ1v) is 12.0. The molecule has 1 aliphatic rings. The van der Waals surface area contributed by atoms with Gasteiger partial charge in [-0.05, 0) is 43.3 Å². The molecule has 0 spiro atoms. The third-order valence-electron chi connectivity index (χ3n) is 6.32. The lowest BCUT2D eigenvalue weighted by atomic mass is 10.1. The quantitative estimate of drug-likeness (QED) is 0.354. The monoisotopic (exact) mass is 542 g/mol. The summed E-state index contributed by atoms with van der Waals surface area (Å²) in [6, 6.07) is 8.78. The molecule has 1 aliphatic heterocycles. The number of pyridine rings is 1. The highest BCUT2D eigenvalue weighted by atomic mass is 19.4. The van der Waals surface area contributed by atoms with E-state index in [9.17, 15) is 27.2 Å². The second kappa shape index (κ2) is 10.3. The van der Waals surface area contributed by atoms with Crippen LogP contribution in [0.15, 0.2) is 61.1 Å². The van der Waals surface area contributed by atoms with Crippen LogP contribution in [0.4, 0.5) is 22.4 Å². The van der Waals surface area contributed by atoms with Crippen molar-refractivity contribution in [2.24, 2.45) is 0 Å². The standard InChI is InChI=1S/C26H22F4N6O3/c1-16-13-34(9-10-35(16)25(38)39-15-17-3-2-8-31-12-17)24(37)22-14-36-23(32-22)20(26(28,29)30)11-21(33-36)18-4-6-19(27)7-5-18/h2-8,11-12,14,16H,9-10,13,15H2,1H3/t16-/m0/s1. The SMILES string of the molecule is C[C@H]1CN(C(=O)c2cn3nc(-c4ccc(F)cc4)cc(C(F)(F)F)c3n2)CCN1C(=O)OCc1cccnc1. The van der Waals surface area contributed by atoms with Gasteiger partial charge in [0, 0.05) is 49.2 Å². The van der Waals surface area contributed by atoms with Crippen LogP contribution >= 0.6 is 0 Å². The second-order valence-electron chi connectivity index (χ2n) is 9.05. The van der Waals surface area contributed by atoms with Gasteiger partial charge in [0.15, 0.2) is 5.65 Å². The molecule has 0 unspecified atom stereocenters. The Hall–Kier alpha value is -4.55. The van der Waals surface area contributed by atoms with Crippen molar-refractivity contribution >= 4 is 17.6 Å². The lowest BCUT2D eigenvalue weighted by Crippen LogP contribution is -2.55. The Balaban J connectivity index is 1.34. The third kappa shape index (κ3) is 5.52. The Labute approximate surface area is 219 Å². The summed E-state index contributed by atoms with van der Waals surface area (Å²) in [5, 5.41) is 4.18. The lowest BCUT2D eigenvalue weighted by Gasteiger charge is -2.38. The number of carbonyl (C=O) groups is 2. The van der Waals surface area contributed by atoms with Gasteiger partial charge in [-0.25, -0.2) is 18.7 Å². The van der Waals surface area contributed by atoms with Gasteiger partial charge in [-0.2, -0.15) is 18.3 Å². The van der Waals surface area contributed by atoms with Crippen LogP contribution in [0.3, 0.4) is 0 Å². The number of hydrogen-bond donors (Lipinski definition) is 0. The van der Waals surface area contributed by atoms with E-state index in [4.69, 9.17) is 4.74 Å². The third-order valence-corrected chi connectivity index (χ3v) is 6.32. The average molecular weight is 542 g/mol. The number of amides is 2. The molecule has 9 nitrogen and oxygen atoms in total. The molecule has 2 amide bonds. The summed E-state index contributed by atoms with van der Waals surface area (Å²) in [6.07, 6.45) is -0.986. The Bertz CT molecular complexity index is 1510. The summed E-state index contributed by atoms with van der Waals surface area (Å²) in [7, 11) is 0. The van der Waals surface area contributed by atoms with E-state index >= 15 is 0 Å². The van der Waals surface area contributed by atoms with Crippen molar-refractivity contribution in [3.05, 3.63) is 83.7 Å². The maximum absolute atomic E-state index is 13.9. The van der Waals surface area contributed by atoms with E-state index in [2.05, 4.69) is 15.1 Å². The lowest BCUT2D eigenvalue weighted by molar-refractivity contribution is -0.136. The topological polar surface area (TPSA) is 92.9 Å². The largest absolute Gasteiger partial charge is 0.444 e. The number of carbonyl (C=O) groups excluding carboxylic acids is 2. The molecule has 5 rings (SSSR count). The van der Waals surface area contributed by atoms with Crippen LogP contribution < -0.4 is 0 Å². The number of rotatable bonds is 4. The number of benzene rings is 1. The fraction of sp³-hybridized carbons (Fsp3) is 0.269. The van der Waals surface area contributed by atoms with Crippen molar-refractivity contribution in [3.8, 4) is 11.3 Å². The molecule has 13 heteroatoms. The predicted octanol–water partition coefficient (Wildman–Crippen LogP) is 4.43. The zero-order valence-electron chi connectivity index (χ0n) is 20.6. The number of fused-ring (bicyclic) bond motifs is 1. The number of imidazole rings is 1. The molecule has 0 aliphatic carbocycles. The van der Waals surface area contributed by atoms with Crippen molar-refractivity contribution in [2.45, 2.75) is 25.7 Å². The first-order chi connectivity index (χ1) is 18.6. The van der Waals surface area contributed by atoms with E-state index in [0.29, 0.717) is 0 Å². The predicted molar refractivity (Wildman–Crippen MR) is 130 cm³/mol. The van der Waals surface area contributed by atoms with Crippen LogP contribution in [0.25, 0.3) is 16.9 Å². The molecule has 1 saturated heterocycles. The van der Waals surface area contributed by atoms with E-state index in [1.54, 1.807) is 31.5 Å². The molecule has 4 heterocycles. The fourth-order valence-corrected chi connectivity index (χ4v) is 4.34. The van der Waals surface area contributed by atoms with Crippen LogP contribution in [-0.4, -0.2) is 67.1 Å². The molecule has 4 aromatic rings. The minimum absolute atomic E-state index is 0.0498. The van der Waals surface area contributed by atoms with Gasteiger partial charge in [0.05, 0.1) is 11.9 Å². The Morgan fingerprint density at radius 3 is 2.56 bits per heavy atom. The first-order valence-electron chi connectivity index (χ1n) is 12.0. The van der Waals surface area contributed by atoms with E-state index in [0.717, 1.165) is 34.5 Å². The molecule has 0 saturated carbocycles. The average Bonchev–Trinajstić information content (AvgIpc) is 3.35. The molecule has 1 aromatic carbocycles. The molecule has 0 radical (unpaired) electrons. The normalized spacial score (nSPS) is 16.0. The minimum atomic E-state index is -4.78. The first kappa shape index (κ1) is 26.1. The van der Waals surface area contributed by atoms with Crippen molar-refractivity contribution in [1.29, 1.82) is 0 Å². The van der Waals surface area contributed by atoms with Gasteiger partial charge >= 0.3 is 12.3 Å². The molecule has 1 fully saturated rings. The minimum Gasteiger partial charge on any atom is -0.444 e. The summed E-state index contributed by atoms with van der Waals surface area (Å²) in [4.78, 5) is 36.6. The highest BCUT2D eigenvalue weighted by Crippen LogP contribution is 2.34. The number of aromatic nitrogens is 4. The molecular formula is C26H22F4N6O3. The highest BCUT2D eigenvalue weighted by molar-refractivity contribution is 5.93. The zero-order valence-corrected chi connectivity index (χ0v) is 20.6. The zero-order chi connectivity index (χ0) is 27.7. The molecule has 1 atom stereocenters. The van der Waals surface area contributed by atoms with Crippen molar-refractivity contribution in [3.63, 3.8) is 0 Å². The smallest absolute Gasteiger partial charge is 0.420 e. The molecule has 3 aromatic heterocycles. The summed E-state index contributed by atoms with van der Waals surface area (Å²) in [5.74, 6) is -1.13. The number of halogens is 4. The van der Waals surface area contributed by atoms with Crippen LogP contribution in [0.1, 0.15) is 28.5 Å². The van der Waals surface area contributed by atoms with E-state index in [-0.39, 0.29) is 43.2 Å².